The van der Waals surface area contributed by atoms with Crippen LogP contribution in [0.1, 0.15) is 13.8 Å². The molecule has 0 saturated heterocycles. The van der Waals surface area contributed by atoms with Crippen molar-refractivity contribution >= 4 is 38.5 Å². The van der Waals surface area contributed by atoms with Crippen LogP contribution in [0.2, 0.25) is 0 Å². The van der Waals surface area contributed by atoms with Gasteiger partial charge in [0, 0.05) is 55.2 Å². The molecule has 5 aromatic rings. The predicted molar refractivity (Wildman–Crippen MR) is 125 cm³/mol. The number of carbonyl (C=O) groups excluding carboxylic acids is 1. The zero-order valence-electron chi connectivity index (χ0n) is 18.0. The largest absolute Gasteiger partial charge is 0.512 e. The fourth-order valence-electron chi connectivity index (χ4n) is 3.82. The molecule has 0 spiro atoms. The zero-order valence-corrected chi connectivity index (χ0v) is 20.4. The molecule has 0 unspecified atom stereocenters. The Morgan fingerprint density at radius 2 is 1.75 bits per heavy atom. The van der Waals surface area contributed by atoms with Crippen LogP contribution < -0.4 is 0 Å². The molecule has 3 aromatic carbocycles. The van der Waals surface area contributed by atoms with Crippen LogP contribution in [-0.4, -0.2) is 25.4 Å². The number of hydrogen-bond acceptors (Lipinski definition) is 4. The van der Waals surface area contributed by atoms with Crippen molar-refractivity contribution in [2.45, 2.75) is 13.8 Å². The van der Waals surface area contributed by atoms with Gasteiger partial charge < -0.3 is 9.67 Å². The Kier molecular flexibility index (Phi) is 7.18. The summed E-state index contributed by atoms with van der Waals surface area (Å²) in [5.74, 6) is -0.0625. The van der Waals surface area contributed by atoms with Crippen molar-refractivity contribution in [2.75, 3.05) is 0 Å². The first-order chi connectivity index (χ1) is 15.0. The van der Waals surface area contributed by atoms with Crippen molar-refractivity contribution < 1.29 is 30.0 Å². The number of fused-ring (bicyclic) bond motifs is 5. The molecule has 0 atom stereocenters. The van der Waals surface area contributed by atoms with Crippen molar-refractivity contribution in [3.63, 3.8) is 0 Å². The van der Waals surface area contributed by atoms with Crippen molar-refractivity contribution in [2.24, 2.45) is 7.05 Å². The van der Waals surface area contributed by atoms with E-state index >= 15 is 0 Å². The molecule has 0 bridgehead atoms. The number of aliphatic hydroxyl groups excluding tert-OH is 1. The second kappa shape index (κ2) is 9.86. The first-order valence-electron chi connectivity index (χ1n) is 9.93. The molecule has 5 rings (SSSR count). The Labute approximate surface area is 199 Å². The number of aliphatic hydroxyl groups is 1. The number of hydrogen-bond donors (Lipinski definition) is 1. The van der Waals surface area contributed by atoms with Gasteiger partial charge in [-0.15, -0.1) is 35.9 Å². The van der Waals surface area contributed by atoms with Crippen molar-refractivity contribution in [3.8, 4) is 11.3 Å². The molecular formula is C26H22IrN3O2-. The van der Waals surface area contributed by atoms with E-state index in [-0.39, 0.29) is 31.6 Å². The van der Waals surface area contributed by atoms with Gasteiger partial charge in [0.15, 0.2) is 5.78 Å². The number of ketones is 1. The fraction of sp³-hybridized carbons (Fsp3) is 0.115. The molecule has 0 aliphatic rings. The van der Waals surface area contributed by atoms with E-state index in [1.807, 2.05) is 24.3 Å². The van der Waals surface area contributed by atoms with Gasteiger partial charge in [-0.1, -0.05) is 30.3 Å². The van der Waals surface area contributed by atoms with Gasteiger partial charge in [-0.25, -0.2) is 4.98 Å². The molecule has 1 N–H and O–H groups in total. The molecule has 0 fully saturated rings. The maximum Gasteiger partial charge on any atom is 0.155 e. The van der Waals surface area contributed by atoms with Crippen LogP contribution in [0.5, 0.6) is 0 Å². The minimum absolute atomic E-state index is 0. The molecule has 1 radical (unpaired) electrons. The van der Waals surface area contributed by atoms with Crippen LogP contribution in [0.25, 0.3) is 44.0 Å². The van der Waals surface area contributed by atoms with E-state index < -0.39 is 0 Å². The van der Waals surface area contributed by atoms with Gasteiger partial charge in [-0.2, -0.15) is 0 Å². The summed E-state index contributed by atoms with van der Waals surface area (Å²) in [6.45, 7) is 2.85. The van der Waals surface area contributed by atoms with Crippen LogP contribution in [0, 0.1) is 6.07 Å². The second-order valence-electron chi connectivity index (χ2n) is 7.33. The normalized spacial score (nSPS) is 11.2. The summed E-state index contributed by atoms with van der Waals surface area (Å²) in [4.78, 5) is 19.2. The molecule has 0 saturated carbocycles. The molecule has 0 amide bonds. The molecule has 2 heterocycles. The van der Waals surface area contributed by atoms with E-state index in [0.29, 0.717) is 0 Å². The second-order valence-corrected chi connectivity index (χ2v) is 7.33. The standard InChI is InChI=1S/C21H14N3.C5H8O2.Ir/c1-24-17-12-11-14-7-5-6-10-16(14)18(17)19-20(22-13-23-21(19)24)15-8-3-2-4-9-15;1-4(6)3-5(2)7;/h2-8,10-13H,1H3;3,6H,1-2H3;/q-1;;/b;4-3-;. The third-order valence-corrected chi connectivity index (χ3v) is 5.04. The summed E-state index contributed by atoms with van der Waals surface area (Å²) in [6.07, 6.45) is 2.81. The summed E-state index contributed by atoms with van der Waals surface area (Å²) in [5.41, 5.74) is 4.04. The minimum atomic E-state index is -0.125. The predicted octanol–water partition coefficient (Wildman–Crippen LogP) is 5.78. The Balaban J connectivity index is 0.000000318. The molecular weight excluding hydrogens is 579 g/mol. The Bertz CT molecular complexity index is 1440. The van der Waals surface area contributed by atoms with E-state index in [9.17, 15) is 4.79 Å². The first kappa shape index (κ1) is 23.3. The van der Waals surface area contributed by atoms with E-state index in [0.717, 1.165) is 22.3 Å². The number of aromatic nitrogens is 3. The van der Waals surface area contributed by atoms with E-state index in [2.05, 4.69) is 64.0 Å². The SMILES string of the molecule is CC(=O)/C=C(/C)O.Cn1c2ccc3ccccc3c2c2c(-c3[c-]cccc3)ncnc21.[Ir]. The smallest absolute Gasteiger partial charge is 0.155 e. The number of rotatable bonds is 2. The Hall–Kier alpha value is -3.34. The van der Waals surface area contributed by atoms with Crippen LogP contribution in [0.4, 0.5) is 0 Å². The van der Waals surface area contributed by atoms with Crippen LogP contribution in [0.3, 0.4) is 0 Å². The van der Waals surface area contributed by atoms with Gasteiger partial charge in [0.2, 0.25) is 0 Å². The number of aryl methyl sites for hydroxylation is 1. The molecule has 163 valence electrons. The average Bonchev–Trinajstić information content (AvgIpc) is 3.07. The van der Waals surface area contributed by atoms with E-state index in [4.69, 9.17) is 5.11 Å². The van der Waals surface area contributed by atoms with Crippen molar-refractivity contribution in [1.29, 1.82) is 0 Å². The van der Waals surface area contributed by atoms with Gasteiger partial charge in [-0.3, -0.25) is 9.78 Å². The quantitative estimate of drug-likeness (QED) is 0.159. The van der Waals surface area contributed by atoms with Crippen LogP contribution in [0.15, 0.2) is 78.8 Å². The molecule has 32 heavy (non-hydrogen) atoms. The minimum Gasteiger partial charge on any atom is -0.512 e. The van der Waals surface area contributed by atoms with Crippen molar-refractivity contribution in [1.82, 2.24) is 14.5 Å². The van der Waals surface area contributed by atoms with E-state index in [1.165, 1.54) is 41.6 Å². The molecule has 2 aromatic heterocycles. The van der Waals surface area contributed by atoms with Gasteiger partial charge in [0.25, 0.3) is 0 Å². The number of nitrogens with zero attached hydrogens (tertiary/aromatic N) is 3. The van der Waals surface area contributed by atoms with Gasteiger partial charge >= 0.3 is 0 Å². The average molecular weight is 601 g/mol. The Morgan fingerprint density at radius 1 is 1.00 bits per heavy atom. The summed E-state index contributed by atoms with van der Waals surface area (Å²) in [5, 5.41) is 13.1. The molecule has 6 heteroatoms. The summed E-state index contributed by atoms with van der Waals surface area (Å²) < 4.78 is 2.14. The zero-order chi connectivity index (χ0) is 22.0. The Morgan fingerprint density at radius 3 is 2.41 bits per heavy atom. The summed E-state index contributed by atoms with van der Waals surface area (Å²) in [6, 6.07) is 24.1. The third kappa shape index (κ3) is 4.47. The summed E-state index contributed by atoms with van der Waals surface area (Å²) in [7, 11) is 2.06. The molecule has 0 aliphatic carbocycles. The number of carbonyl (C=O) groups is 1. The number of allylic oxidation sites excluding steroid dienone is 2. The topological polar surface area (TPSA) is 68.0 Å². The maximum absolute atomic E-state index is 10.0. The monoisotopic (exact) mass is 601 g/mol. The molecule has 5 nitrogen and oxygen atoms in total. The van der Waals surface area contributed by atoms with Gasteiger partial charge in [0.05, 0.1) is 5.76 Å². The third-order valence-electron chi connectivity index (χ3n) is 5.04. The van der Waals surface area contributed by atoms with Gasteiger partial charge in [0.1, 0.15) is 12.0 Å². The fourth-order valence-corrected chi connectivity index (χ4v) is 3.82. The maximum atomic E-state index is 10.0. The summed E-state index contributed by atoms with van der Waals surface area (Å²) >= 11 is 0. The van der Waals surface area contributed by atoms with Crippen molar-refractivity contribution in [3.05, 3.63) is 84.9 Å². The first-order valence-corrected chi connectivity index (χ1v) is 9.93. The molecule has 0 aliphatic heterocycles. The van der Waals surface area contributed by atoms with Crippen LogP contribution >= 0.6 is 0 Å². The number of benzene rings is 3. The van der Waals surface area contributed by atoms with Crippen LogP contribution in [-0.2, 0) is 31.9 Å². The van der Waals surface area contributed by atoms with E-state index in [1.54, 1.807) is 6.33 Å². The van der Waals surface area contributed by atoms with Gasteiger partial charge in [-0.05, 0) is 30.7 Å².